The largest absolute Gasteiger partial charge is 0.384 e. The number of benzene rings is 1. The zero-order chi connectivity index (χ0) is 15.2. The first-order chi connectivity index (χ1) is 10.1. The van der Waals surface area contributed by atoms with Gasteiger partial charge in [-0.1, -0.05) is 25.8 Å². The molecule has 3 heteroatoms. The van der Waals surface area contributed by atoms with E-state index < -0.39 is 0 Å². The van der Waals surface area contributed by atoms with Crippen molar-refractivity contribution in [2.45, 2.75) is 58.9 Å². The molecule has 1 fully saturated rings. The molecular weight excluding hydrogens is 260 g/mol. The van der Waals surface area contributed by atoms with Crippen molar-refractivity contribution in [1.82, 2.24) is 4.90 Å². The summed E-state index contributed by atoms with van der Waals surface area (Å²) in [5.74, 6) is 0.183. The molecule has 1 saturated heterocycles. The monoisotopic (exact) mass is 288 g/mol. The van der Waals surface area contributed by atoms with Crippen LogP contribution in [0.5, 0.6) is 0 Å². The molecule has 1 amide bonds. The molecule has 0 aromatic heterocycles. The number of hydrogen-bond acceptors (Lipinski definition) is 2. The lowest BCUT2D eigenvalue weighted by Crippen LogP contribution is -2.38. The highest BCUT2D eigenvalue weighted by Gasteiger charge is 2.24. The Balaban J connectivity index is 2.24. The van der Waals surface area contributed by atoms with Crippen LogP contribution in [0.3, 0.4) is 0 Å². The summed E-state index contributed by atoms with van der Waals surface area (Å²) in [7, 11) is 0. The summed E-state index contributed by atoms with van der Waals surface area (Å²) in [6.45, 7) is 8.18. The number of nitrogens with zero attached hydrogens (tertiary/aromatic N) is 1. The highest BCUT2D eigenvalue weighted by Crippen LogP contribution is 2.24. The van der Waals surface area contributed by atoms with Crippen LogP contribution in [0.4, 0.5) is 5.69 Å². The van der Waals surface area contributed by atoms with Crippen LogP contribution in [0.25, 0.3) is 0 Å². The number of rotatable bonds is 4. The van der Waals surface area contributed by atoms with E-state index in [9.17, 15) is 4.79 Å². The molecule has 0 bridgehead atoms. The first kappa shape index (κ1) is 15.9. The molecule has 1 atom stereocenters. The summed E-state index contributed by atoms with van der Waals surface area (Å²) in [4.78, 5) is 15.0. The molecule has 0 radical (unpaired) electrons. The minimum Gasteiger partial charge on any atom is -0.384 e. The highest BCUT2D eigenvalue weighted by atomic mass is 16.2. The Morgan fingerprint density at radius 1 is 1.33 bits per heavy atom. The molecular formula is C18H28N2O. The van der Waals surface area contributed by atoms with E-state index in [1.807, 2.05) is 12.1 Å². The van der Waals surface area contributed by atoms with Crippen molar-refractivity contribution >= 4 is 11.6 Å². The van der Waals surface area contributed by atoms with Crippen LogP contribution >= 0.6 is 0 Å². The summed E-state index contributed by atoms with van der Waals surface area (Å²) in [5, 5.41) is 3.41. The van der Waals surface area contributed by atoms with Crippen LogP contribution in [-0.4, -0.2) is 29.9 Å². The molecule has 116 valence electrons. The number of carbonyl (C=O) groups excluding carboxylic acids is 1. The minimum atomic E-state index is 0.183. The molecule has 1 aliphatic heterocycles. The Kier molecular flexibility index (Phi) is 5.66. The summed E-state index contributed by atoms with van der Waals surface area (Å²) in [6, 6.07) is 6.45. The fraction of sp³-hybridized carbons (Fsp3) is 0.611. The van der Waals surface area contributed by atoms with Gasteiger partial charge in [0, 0.05) is 24.8 Å². The topological polar surface area (TPSA) is 32.3 Å². The Morgan fingerprint density at radius 3 is 2.90 bits per heavy atom. The van der Waals surface area contributed by atoms with Gasteiger partial charge in [0.15, 0.2) is 0 Å². The Morgan fingerprint density at radius 2 is 2.14 bits per heavy atom. The van der Waals surface area contributed by atoms with Gasteiger partial charge in [-0.05, 0) is 50.8 Å². The van der Waals surface area contributed by atoms with Crippen LogP contribution in [0, 0.1) is 6.92 Å². The van der Waals surface area contributed by atoms with E-state index in [0.717, 1.165) is 43.6 Å². The van der Waals surface area contributed by atoms with Crippen LogP contribution in [0.1, 0.15) is 61.9 Å². The van der Waals surface area contributed by atoms with Gasteiger partial charge in [0.2, 0.25) is 0 Å². The van der Waals surface area contributed by atoms with Crippen molar-refractivity contribution in [1.29, 1.82) is 0 Å². The molecule has 0 spiro atoms. The van der Waals surface area contributed by atoms with Gasteiger partial charge in [0.1, 0.15) is 0 Å². The van der Waals surface area contributed by atoms with Crippen molar-refractivity contribution in [2.75, 3.05) is 18.4 Å². The number of aryl methyl sites for hydroxylation is 1. The van der Waals surface area contributed by atoms with Gasteiger partial charge < -0.3 is 10.2 Å². The first-order valence-electron chi connectivity index (χ1n) is 8.29. The predicted octanol–water partition coefficient (Wildman–Crippen LogP) is 4.22. The predicted molar refractivity (Wildman–Crippen MR) is 88.9 cm³/mol. The number of likely N-dealkylation sites (tertiary alicyclic amines) is 1. The third-order valence-electron chi connectivity index (χ3n) is 4.28. The van der Waals surface area contributed by atoms with E-state index in [-0.39, 0.29) is 5.91 Å². The third-order valence-corrected chi connectivity index (χ3v) is 4.28. The average molecular weight is 288 g/mol. The third kappa shape index (κ3) is 3.99. The quantitative estimate of drug-likeness (QED) is 0.899. The van der Waals surface area contributed by atoms with Gasteiger partial charge in [-0.2, -0.15) is 0 Å². The lowest BCUT2D eigenvalue weighted by molar-refractivity contribution is 0.0699. The SMILES string of the molecule is CCCNc1cc(C)ccc1C(=O)N1CCCCCC1C. The summed E-state index contributed by atoms with van der Waals surface area (Å²) in [5.41, 5.74) is 3.00. The number of hydrogen-bond donors (Lipinski definition) is 1. The molecule has 1 N–H and O–H groups in total. The van der Waals surface area contributed by atoms with E-state index in [1.165, 1.54) is 18.4 Å². The Hall–Kier alpha value is -1.51. The minimum absolute atomic E-state index is 0.183. The Labute approximate surface area is 128 Å². The summed E-state index contributed by atoms with van der Waals surface area (Å²) < 4.78 is 0. The van der Waals surface area contributed by atoms with Gasteiger partial charge in [0.05, 0.1) is 5.56 Å². The van der Waals surface area contributed by atoms with Crippen LogP contribution in [-0.2, 0) is 0 Å². The number of nitrogens with one attached hydrogen (secondary N) is 1. The van der Waals surface area contributed by atoms with Gasteiger partial charge in [-0.3, -0.25) is 4.79 Å². The standard InChI is InChI=1S/C18H28N2O/c1-4-11-19-17-13-14(2)9-10-16(17)18(21)20-12-7-5-6-8-15(20)3/h9-10,13,15,19H,4-8,11-12H2,1-3H3. The van der Waals surface area contributed by atoms with E-state index in [1.54, 1.807) is 0 Å². The zero-order valence-electron chi connectivity index (χ0n) is 13.6. The zero-order valence-corrected chi connectivity index (χ0v) is 13.6. The second kappa shape index (κ2) is 7.48. The van der Waals surface area contributed by atoms with E-state index in [2.05, 4.69) is 37.1 Å². The van der Waals surface area contributed by atoms with Crippen LogP contribution < -0.4 is 5.32 Å². The average Bonchev–Trinajstić information content (AvgIpc) is 2.69. The molecule has 1 aromatic carbocycles. The maximum absolute atomic E-state index is 12.9. The molecule has 3 nitrogen and oxygen atoms in total. The molecule has 1 aliphatic rings. The lowest BCUT2D eigenvalue weighted by Gasteiger charge is -2.28. The second-order valence-corrected chi connectivity index (χ2v) is 6.17. The maximum atomic E-state index is 12.9. The number of anilines is 1. The van der Waals surface area contributed by atoms with Crippen molar-refractivity contribution < 1.29 is 4.79 Å². The normalized spacial score (nSPS) is 19.2. The Bertz CT molecular complexity index is 484. The second-order valence-electron chi connectivity index (χ2n) is 6.17. The van der Waals surface area contributed by atoms with Gasteiger partial charge in [-0.25, -0.2) is 0 Å². The van der Waals surface area contributed by atoms with Gasteiger partial charge in [-0.15, -0.1) is 0 Å². The van der Waals surface area contributed by atoms with Crippen LogP contribution in [0.15, 0.2) is 18.2 Å². The highest BCUT2D eigenvalue weighted by molar-refractivity contribution is 6.00. The fourth-order valence-electron chi connectivity index (χ4n) is 2.98. The molecule has 0 aliphatic carbocycles. The summed E-state index contributed by atoms with van der Waals surface area (Å²) in [6.07, 6.45) is 5.78. The van der Waals surface area contributed by atoms with Crippen molar-refractivity contribution in [3.8, 4) is 0 Å². The van der Waals surface area contributed by atoms with E-state index >= 15 is 0 Å². The van der Waals surface area contributed by atoms with Crippen LogP contribution in [0.2, 0.25) is 0 Å². The molecule has 21 heavy (non-hydrogen) atoms. The number of amides is 1. The van der Waals surface area contributed by atoms with Crippen molar-refractivity contribution in [3.63, 3.8) is 0 Å². The molecule has 0 saturated carbocycles. The van der Waals surface area contributed by atoms with E-state index in [0.29, 0.717) is 6.04 Å². The molecule has 1 heterocycles. The first-order valence-corrected chi connectivity index (χ1v) is 8.29. The van der Waals surface area contributed by atoms with Crippen molar-refractivity contribution in [2.24, 2.45) is 0 Å². The smallest absolute Gasteiger partial charge is 0.256 e. The lowest BCUT2D eigenvalue weighted by atomic mass is 10.1. The van der Waals surface area contributed by atoms with Crippen molar-refractivity contribution in [3.05, 3.63) is 29.3 Å². The fourth-order valence-corrected chi connectivity index (χ4v) is 2.98. The summed E-state index contributed by atoms with van der Waals surface area (Å²) >= 11 is 0. The molecule has 1 unspecified atom stereocenters. The maximum Gasteiger partial charge on any atom is 0.256 e. The van der Waals surface area contributed by atoms with E-state index in [4.69, 9.17) is 0 Å². The molecule has 1 aromatic rings. The van der Waals surface area contributed by atoms with Gasteiger partial charge >= 0.3 is 0 Å². The number of carbonyl (C=O) groups is 1. The van der Waals surface area contributed by atoms with Gasteiger partial charge in [0.25, 0.3) is 5.91 Å². The molecule has 2 rings (SSSR count).